The Morgan fingerprint density at radius 2 is 1.94 bits per heavy atom. The molecule has 0 fully saturated rings. The van der Waals surface area contributed by atoms with Crippen LogP contribution in [0.5, 0.6) is 0 Å². The minimum atomic E-state index is -0.367. The second-order valence-corrected chi connectivity index (χ2v) is 4.15. The molecule has 0 radical (unpaired) electrons. The van der Waals surface area contributed by atoms with E-state index in [1.54, 1.807) is 0 Å². The smallest absolute Gasteiger partial charge is 0.231 e. The van der Waals surface area contributed by atoms with Crippen molar-refractivity contribution in [1.82, 2.24) is 4.90 Å². The molecule has 1 rings (SSSR count). The van der Waals surface area contributed by atoms with Gasteiger partial charge in [-0.2, -0.15) is 0 Å². The first-order chi connectivity index (χ1) is 7.58. The summed E-state index contributed by atoms with van der Waals surface area (Å²) in [6.07, 6.45) is 0. The number of nitrogens with two attached hydrogens (primary N) is 1. The monoisotopic (exact) mass is 238 g/mol. The predicted octanol–water partition coefficient (Wildman–Crippen LogP) is 1.73. The molecule has 0 aliphatic carbocycles. The topological polar surface area (TPSA) is 46.3 Å². The fourth-order valence-electron chi connectivity index (χ4n) is 1.47. The molecule has 0 spiro atoms. The van der Waals surface area contributed by atoms with E-state index in [2.05, 4.69) is 6.58 Å². The fraction of sp³-hybridized carbons (Fsp3) is 0.250. The third-order valence-electron chi connectivity index (χ3n) is 2.02. The van der Waals surface area contributed by atoms with Crippen molar-refractivity contribution in [2.75, 3.05) is 13.1 Å². The lowest BCUT2D eigenvalue weighted by molar-refractivity contribution is -0.119. The molecule has 0 heterocycles. The van der Waals surface area contributed by atoms with Crippen LogP contribution in [0.25, 0.3) is 0 Å². The van der Waals surface area contributed by atoms with Crippen molar-refractivity contribution in [1.29, 1.82) is 0 Å². The zero-order valence-corrected chi connectivity index (χ0v) is 9.78. The van der Waals surface area contributed by atoms with Gasteiger partial charge in [-0.3, -0.25) is 9.69 Å². The number of hydrogen-bond acceptors (Lipinski definition) is 2. The van der Waals surface area contributed by atoms with Crippen molar-refractivity contribution < 1.29 is 4.79 Å². The van der Waals surface area contributed by atoms with E-state index in [4.69, 9.17) is 17.3 Å². The Morgan fingerprint density at radius 3 is 2.44 bits per heavy atom. The normalized spacial score (nSPS) is 10.4. The van der Waals surface area contributed by atoms with Crippen LogP contribution in [0.4, 0.5) is 0 Å². The molecule has 0 aliphatic rings. The molecule has 3 nitrogen and oxygen atoms in total. The first-order valence-electron chi connectivity index (χ1n) is 4.96. The lowest BCUT2D eigenvalue weighted by Crippen LogP contribution is -2.34. The molecule has 4 heteroatoms. The molecular formula is C12H15ClN2O. The molecular weight excluding hydrogens is 224 g/mol. The summed E-state index contributed by atoms with van der Waals surface area (Å²) >= 11 is 5.73. The summed E-state index contributed by atoms with van der Waals surface area (Å²) in [5, 5.41) is 0.497. The molecule has 0 saturated carbocycles. The zero-order valence-electron chi connectivity index (χ0n) is 9.03. The highest BCUT2D eigenvalue weighted by atomic mass is 35.5. The van der Waals surface area contributed by atoms with Gasteiger partial charge in [0.1, 0.15) is 0 Å². The molecule has 86 valence electrons. The Bertz CT molecular complexity index is 349. The number of benzene rings is 1. The number of rotatable bonds is 6. The largest absolute Gasteiger partial charge is 0.369 e. The van der Waals surface area contributed by atoms with Gasteiger partial charge in [-0.25, -0.2) is 0 Å². The molecule has 16 heavy (non-hydrogen) atoms. The summed E-state index contributed by atoms with van der Waals surface area (Å²) in [6, 6.07) is 9.83. The maximum absolute atomic E-state index is 10.9. The van der Waals surface area contributed by atoms with Crippen LogP contribution in [0.15, 0.2) is 41.9 Å². The highest BCUT2D eigenvalue weighted by molar-refractivity contribution is 6.29. The van der Waals surface area contributed by atoms with Crippen LogP contribution in [0.2, 0.25) is 0 Å². The maximum atomic E-state index is 10.9. The second-order valence-electron chi connectivity index (χ2n) is 3.61. The average molecular weight is 239 g/mol. The van der Waals surface area contributed by atoms with Gasteiger partial charge >= 0.3 is 0 Å². The van der Waals surface area contributed by atoms with Crippen molar-refractivity contribution >= 4 is 17.5 Å². The highest BCUT2D eigenvalue weighted by Gasteiger charge is 2.09. The fourth-order valence-corrected chi connectivity index (χ4v) is 1.64. The lowest BCUT2D eigenvalue weighted by Gasteiger charge is -2.19. The van der Waals surface area contributed by atoms with E-state index < -0.39 is 0 Å². The molecule has 0 bridgehead atoms. The van der Waals surface area contributed by atoms with E-state index in [0.717, 1.165) is 5.56 Å². The van der Waals surface area contributed by atoms with Crippen LogP contribution in [0.3, 0.4) is 0 Å². The molecule has 1 amide bonds. The Kier molecular flexibility index (Phi) is 5.02. The van der Waals surface area contributed by atoms with Gasteiger partial charge in [0.15, 0.2) is 0 Å². The number of carbonyl (C=O) groups excluding carboxylic acids is 1. The van der Waals surface area contributed by atoms with E-state index in [-0.39, 0.29) is 12.5 Å². The molecule has 0 atom stereocenters. The average Bonchev–Trinajstić information content (AvgIpc) is 2.16. The van der Waals surface area contributed by atoms with E-state index in [1.807, 2.05) is 35.2 Å². The quantitative estimate of drug-likeness (QED) is 0.821. The van der Waals surface area contributed by atoms with E-state index >= 15 is 0 Å². The van der Waals surface area contributed by atoms with Crippen LogP contribution >= 0.6 is 11.6 Å². The first-order valence-corrected chi connectivity index (χ1v) is 5.33. The Labute approximate surface area is 100 Å². The van der Waals surface area contributed by atoms with Crippen LogP contribution in [-0.4, -0.2) is 23.9 Å². The molecule has 0 unspecified atom stereocenters. The SMILES string of the molecule is C=C(Cl)CN(CC(N)=O)Cc1ccccc1. The number of carbonyl (C=O) groups is 1. The van der Waals surface area contributed by atoms with Crippen molar-refractivity contribution in [2.24, 2.45) is 5.73 Å². The Hall–Kier alpha value is -1.32. The van der Waals surface area contributed by atoms with Gasteiger partial charge in [0.25, 0.3) is 0 Å². The summed E-state index contributed by atoms with van der Waals surface area (Å²) < 4.78 is 0. The summed E-state index contributed by atoms with van der Waals surface area (Å²) in [5.74, 6) is -0.367. The molecule has 0 aliphatic heterocycles. The summed E-state index contributed by atoms with van der Waals surface area (Å²) in [7, 11) is 0. The summed E-state index contributed by atoms with van der Waals surface area (Å²) in [4.78, 5) is 12.7. The van der Waals surface area contributed by atoms with Crippen molar-refractivity contribution in [3.8, 4) is 0 Å². The molecule has 0 aromatic heterocycles. The highest BCUT2D eigenvalue weighted by Crippen LogP contribution is 2.07. The third kappa shape index (κ3) is 4.96. The number of amides is 1. The van der Waals surface area contributed by atoms with Gasteiger partial charge in [-0.05, 0) is 5.56 Å². The standard InChI is InChI=1S/C12H15ClN2O/c1-10(13)7-15(9-12(14)16)8-11-5-3-2-4-6-11/h2-6H,1,7-9H2,(H2,14,16). The number of nitrogens with zero attached hydrogens (tertiary/aromatic N) is 1. The molecule has 1 aromatic carbocycles. The van der Waals surface area contributed by atoms with Crippen molar-refractivity contribution in [2.45, 2.75) is 6.54 Å². The van der Waals surface area contributed by atoms with Gasteiger partial charge in [0.2, 0.25) is 5.91 Å². The van der Waals surface area contributed by atoms with Gasteiger partial charge in [-0.15, -0.1) is 0 Å². The minimum Gasteiger partial charge on any atom is -0.369 e. The van der Waals surface area contributed by atoms with Crippen molar-refractivity contribution in [3.05, 3.63) is 47.5 Å². The number of hydrogen-bond donors (Lipinski definition) is 1. The molecule has 2 N–H and O–H groups in total. The minimum absolute atomic E-state index is 0.181. The first kappa shape index (κ1) is 12.7. The van der Waals surface area contributed by atoms with Gasteiger partial charge in [-0.1, -0.05) is 48.5 Å². The van der Waals surface area contributed by atoms with Crippen LogP contribution in [0.1, 0.15) is 5.56 Å². The van der Waals surface area contributed by atoms with E-state index in [1.165, 1.54) is 0 Å². The third-order valence-corrected chi connectivity index (χ3v) is 2.14. The molecule has 1 aromatic rings. The van der Waals surface area contributed by atoms with E-state index in [0.29, 0.717) is 18.1 Å². The Balaban J connectivity index is 2.63. The van der Waals surface area contributed by atoms with Crippen LogP contribution in [-0.2, 0) is 11.3 Å². The summed E-state index contributed by atoms with van der Waals surface area (Å²) in [5.41, 5.74) is 6.28. The summed E-state index contributed by atoms with van der Waals surface area (Å²) in [6.45, 7) is 4.89. The molecule has 0 saturated heterocycles. The van der Waals surface area contributed by atoms with Gasteiger partial charge in [0, 0.05) is 18.1 Å². The predicted molar refractivity (Wildman–Crippen MR) is 65.9 cm³/mol. The number of halogens is 1. The number of primary amides is 1. The van der Waals surface area contributed by atoms with Crippen LogP contribution < -0.4 is 5.73 Å². The van der Waals surface area contributed by atoms with Crippen LogP contribution in [0, 0.1) is 0 Å². The van der Waals surface area contributed by atoms with Gasteiger partial charge < -0.3 is 5.73 Å². The van der Waals surface area contributed by atoms with Crippen molar-refractivity contribution in [3.63, 3.8) is 0 Å². The lowest BCUT2D eigenvalue weighted by atomic mass is 10.2. The maximum Gasteiger partial charge on any atom is 0.231 e. The van der Waals surface area contributed by atoms with Gasteiger partial charge in [0.05, 0.1) is 6.54 Å². The zero-order chi connectivity index (χ0) is 12.0. The van der Waals surface area contributed by atoms with E-state index in [9.17, 15) is 4.79 Å². The second kappa shape index (κ2) is 6.30. The Morgan fingerprint density at radius 1 is 1.31 bits per heavy atom.